The first kappa shape index (κ1) is 17.9. The third-order valence-electron chi connectivity index (χ3n) is 3.87. The topological polar surface area (TPSA) is 66.8 Å². The van der Waals surface area contributed by atoms with Crippen molar-refractivity contribution in [2.75, 3.05) is 19.7 Å². The lowest BCUT2D eigenvalue weighted by Gasteiger charge is -2.17. The van der Waals surface area contributed by atoms with Gasteiger partial charge in [-0.15, -0.1) is 0 Å². The van der Waals surface area contributed by atoms with E-state index in [0.717, 1.165) is 12.8 Å². The van der Waals surface area contributed by atoms with Crippen molar-refractivity contribution < 1.29 is 19.4 Å². The minimum absolute atomic E-state index is 0.0730. The number of aromatic carboxylic acids is 1. The minimum Gasteiger partial charge on any atom is -0.478 e. The van der Waals surface area contributed by atoms with Crippen LogP contribution in [0.3, 0.4) is 0 Å². The van der Waals surface area contributed by atoms with Gasteiger partial charge in [-0.1, -0.05) is 29.8 Å². The fourth-order valence-corrected chi connectivity index (χ4v) is 3.03. The van der Waals surface area contributed by atoms with Crippen LogP contribution in [0.4, 0.5) is 0 Å². The summed E-state index contributed by atoms with van der Waals surface area (Å²) in [5, 5.41) is 9.10. The van der Waals surface area contributed by atoms with Gasteiger partial charge in [0.25, 0.3) is 5.91 Å². The number of halogens is 1. The molecule has 1 saturated heterocycles. The minimum atomic E-state index is -1.04. The summed E-state index contributed by atoms with van der Waals surface area (Å²) in [5.74, 6) is -0.592. The molecule has 0 bridgehead atoms. The van der Waals surface area contributed by atoms with E-state index in [2.05, 4.69) is 29.8 Å². The number of hydrogen-bond donors (Lipinski definition) is 1. The molecule has 1 aromatic rings. The van der Waals surface area contributed by atoms with E-state index in [1.165, 1.54) is 12.1 Å². The molecular formula is C17H22BrNO4. The predicted molar refractivity (Wildman–Crippen MR) is 90.8 cm³/mol. The molecule has 1 amide bonds. The number of benzene rings is 1. The number of carbonyl (C=O) groups excluding carboxylic acids is 1. The van der Waals surface area contributed by atoms with E-state index in [-0.39, 0.29) is 17.6 Å². The summed E-state index contributed by atoms with van der Waals surface area (Å²) in [4.78, 5) is 25.4. The van der Waals surface area contributed by atoms with E-state index in [9.17, 15) is 9.59 Å². The van der Waals surface area contributed by atoms with Crippen LogP contribution < -0.4 is 0 Å². The Labute approximate surface area is 144 Å². The van der Waals surface area contributed by atoms with E-state index < -0.39 is 5.97 Å². The van der Waals surface area contributed by atoms with Crippen LogP contribution in [0.1, 0.15) is 47.4 Å². The predicted octanol–water partition coefficient (Wildman–Crippen LogP) is 3.42. The maximum Gasteiger partial charge on any atom is 0.335 e. The first-order valence-electron chi connectivity index (χ1n) is 7.81. The molecule has 23 heavy (non-hydrogen) atoms. The monoisotopic (exact) mass is 383 g/mol. The molecule has 1 atom stereocenters. The van der Waals surface area contributed by atoms with Crippen molar-refractivity contribution in [2.45, 2.75) is 32.8 Å². The summed E-state index contributed by atoms with van der Waals surface area (Å²) in [6.45, 7) is 6.22. The molecule has 0 spiro atoms. The zero-order valence-corrected chi connectivity index (χ0v) is 15.0. The molecule has 5 nitrogen and oxygen atoms in total. The lowest BCUT2D eigenvalue weighted by atomic mass is 10.1. The van der Waals surface area contributed by atoms with Crippen LogP contribution in [0.15, 0.2) is 22.7 Å². The van der Waals surface area contributed by atoms with Gasteiger partial charge in [0.1, 0.15) is 0 Å². The van der Waals surface area contributed by atoms with Gasteiger partial charge < -0.3 is 14.7 Å². The third-order valence-corrected chi connectivity index (χ3v) is 4.33. The number of rotatable bonds is 6. The summed E-state index contributed by atoms with van der Waals surface area (Å²) < 4.78 is 6.41. The number of carbonyl (C=O) groups is 2. The van der Waals surface area contributed by atoms with Crippen LogP contribution in [0.5, 0.6) is 0 Å². The Morgan fingerprint density at radius 1 is 1.35 bits per heavy atom. The maximum atomic E-state index is 12.6. The zero-order valence-electron chi connectivity index (χ0n) is 13.4. The van der Waals surface area contributed by atoms with E-state index in [4.69, 9.17) is 9.84 Å². The first-order chi connectivity index (χ1) is 10.9. The largest absolute Gasteiger partial charge is 0.478 e. The Hall–Kier alpha value is -1.40. The molecule has 0 aromatic heterocycles. The summed E-state index contributed by atoms with van der Waals surface area (Å²) in [7, 11) is 0. The van der Waals surface area contributed by atoms with Gasteiger partial charge in [-0.3, -0.25) is 4.79 Å². The van der Waals surface area contributed by atoms with Gasteiger partial charge in [-0.05, 0) is 37.0 Å². The Balaban J connectivity index is 1.98. The second kappa shape index (κ2) is 7.93. The molecule has 2 rings (SSSR count). The number of hydrogen-bond acceptors (Lipinski definition) is 3. The van der Waals surface area contributed by atoms with Crippen LogP contribution in [0.25, 0.3) is 0 Å². The number of nitrogens with zero attached hydrogens (tertiary/aromatic N) is 1. The molecule has 1 aliphatic heterocycles. The SMILES string of the molecule is CC(C)CCOC1CCN(C(=O)c2cc(Br)cc(C(=O)O)c2)C1. The molecule has 1 aliphatic rings. The van der Waals surface area contributed by atoms with E-state index >= 15 is 0 Å². The normalized spacial score (nSPS) is 17.7. The molecule has 1 fully saturated rings. The van der Waals surface area contributed by atoms with Crippen molar-refractivity contribution in [1.82, 2.24) is 4.90 Å². The molecule has 1 heterocycles. The van der Waals surface area contributed by atoms with E-state index in [1.807, 2.05) is 0 Å². The molecule has 126 valence electrons. The smallest absolute Gasteiger partial charge is 0.335 e. The molecule has 1 aromatic carbocycles. The van der Waals surface area contributed by atoms with Crippen LogP contribution in [0, 0.1) is 5.92 Å². The number of amides is 1. The van der Waals surface area contributed by atoms with Crippen molar-refractivity contribution in [3.05, 3.63) is 33.8 Å². The zero-order chi connectivity index (χ0) is 17.0. The van der Waals surface area contributed by atoms with Crippen LogP contribution in [0.2, 0.25) is 0 Å². The summed E-state index contributed by atoms with van der Waals surface area (Å²) in [6, 6.07) is 4.56. The van der Waals surface area contributed by atoms with Gasteiger partial charge in [0.15, 0.2) is 0 Å². The highest BCUT2D eigenvalue weighted by Crippen LogP contribution is 2.21. The lowest BCUT2D eigenvalue weighted by Crippen LogP contribution is -2.30. The number of carboxylic acids is 1. The summed E-state index contributed by atoms with van der Waals surface area (Å²) >= 11 is 3.26. The highest BCUT2D eigenvalue weighted by atomic mass is 79.9. The van der Waals surface area contributed by atoms with Crippen molar-refractivity contribution in [1.29, 1.82) is 0 Å². The summed E-state index contributed by atoms with van der Waals surface area (Å²) in [5.41, 5.74) is 0.492. The third kappa shape index (κ3) is 5.04. The van der Waals surface area contributed by atoms with Crippen molar-refractivity contribution in [3.63, 3.8) is 0 Å². The second-order valence-corrected chi connectivity index (χ2v) is 7.16. The maximum absolute atomic E-state index is 12.6. The van der Waals surface area contributed by atoms with Crippen molar-refractivity contribution in [3.8, 4) is 0 Å². The Morgan fingerprint density at radius 3 is 2.70 bits per heavy atom. The Bertz CT molecular complexity index is 588. The number of likely N-dealkylation sites (tertiary alicyclic amines) is 1. The van der Waals surface area contributed by atoms with Gasteiger partial charge >= 0.3 is 5.97 Å². The van der Waals surface area contributed by atoms with Gasteiger partial charge in [0.05, 0.1) is 11.7 Å². The van der Waals surface area contributed by atoms with Gasteiger partial charge in [0.2, 0.25) is 0 Å². The van der Waals surface area contributed by atoms with Crippen LogP contribution >= 0.6 is 15.9 Å². The van der Waals surface area contributed by atoms with Gasteiger partial charge in [-0.25, -0.2) is 4.79 Å². The molecular weight excluding hydrogens is 362 g/mol. The van der Waals surface area contributed by atoms with Crippen LogP contribution in [-0.2, 0) is 4.74 Å². The fraction of sp³-hybridized carbons (Fsp3) is 0.529. The average Bonchev–Trinajstić information content (AvgIpc) is 2.94. The van der Waals surface area contributed by atoms with Gasteiger partial charge in [0, 0.05) is 29.7 Å². The summed E-state index contributed by atoms with van der Waals surface area (Å²) in [6.07, 6.45) is 1.91. The van der Waals surface area contributed by atoms with Crippen molar-refractivity contribution >= 4 is 27.8 Å². The quantitative estimate of drug-likeness (QED) is 0.816. The fourth-order valence-electron chi connectivity index (χ4n) is 2.54. The average molecular weight is 384 g/mol. The van der Waals surface area contributed by atoms with E-state index in [0.29, 0.717) is 35.7 Å². The molecule has 0 radical (unpaired) electrons. The standard InChI is InChI=1S/C17H22BrNO4/c1-11(2)4-6-23-15-3-5-19(10-15)16(20)12-7-13(17(21)22)9-14(18)8-12/h7-9,11,15H,3-6,10H2,1-2H3,(H,21,22). The van der Waals surface area contributed by atoms with Crippen LogP contribution in [-0.4, -0.2) is 47.7 Å². The Kier molecular flexibility index (Phi) is 6.18. The highest BCUT2D eigenvalue weighted by Gasteiger charge is 2.28. The first-order valence-corrected chi connectivity index (χ1v) is 8.61. The highest BCUT2D eigenvalue weighted by molar-refractivity contribution is 9.10. The van der Waals surface area contributed by atoms with Gasteiger partial charge in [-0.2, -0.15) is 0 Å². The molecule has 1 unspecified atom stereocenters. The number of ether oxygens (including phenoxy) is 1. The molecule has 6 heteroatoms. The van der Waals surface area contributed by atoms with E-state index in [1.54, 1.807) is 11.0 Å². The Morgan fingerprint density at radius 2 is 2.04 bits per heavy atom. The molecule has 0 aliphatic carbocycles. The molecule has 1 N–H and O–H groups in total. The number of carboxylic acid groups (broad SMARTS) is 1. The van der Waals surface area contributed by atoms with Crippen molar-refractivity contribution in [2.24, 2.45) is 5.92 Å². The second-order valence-electron chi connectivity index (χ2n) is 6.25. The lowest BCUT2D eigenvalue weighted by molar-refractivity contribution is 0.0484. The molecule has 0 saturated carbocycles.